The Morgan fingerprint density at radius 3 is 2.76 bits per heavy atom. The van der Waals surface area contributed by atoms with Crippen LogP contribution in [0, 0.1) is 6.92 Å². The Morgan fingerprint density at radius 1 is 1.33 bits per heavy atom. The summed E-state index contributed by atoms with van der Waals surface area (Å²) in [5, 5.41) is 3.56. The van der Waals surface area contributed by atoms with Crippen molar-refractivity contribution in [2.45, 2.75) is 52.0 Å². The number of benzene rings is 1. The van der Waals surface area contributed by atoms with E-state index < -0.39 is 0 Å². The van der Waals surface area contributed by atoms with E-state index in [0.29, 0.717) is 18.4 Å². The number of aryl methyl sites for hydroxylation is 2. The van der Waals surface area contributed by atoms with E-state index in [9.17, 15) is 4.79 Å². The Bertz CT molecular complexity index is 450. The highest BCUT2D eigenvalue weighted by Gasteiger charge is 2.21. The molecular weight excluding hydrogens is 260 g/mol. The molecule has 0 saturated carbocycles. The molecule has 116 valence electrons. The number of nitrogens with one attached hydrogen (secondary N) is 1. The smallest absolute Gasteiger partial charge is 0.222 e. The van der Waals surface area contributed by atoms with E-state index >= 15 is 0 Å². The van der Waals surface area contributed by atoms with Crippen LogP contribution in [0.25, 0.3) is 0 Å². The third-order valence-corrected chi connectivity index (χ3v) is 4.24. The number of hydrogen-bond donors (Lipinski definition) is 1. The summed E-state index contributed by atoms with van der Waals surface area (Å²) in [5.41, 5.74) is 2.53. The second-order valence-electron chi connectivity index (χ2n) is 6.10. The maximum absolute atomic E-state index is 12.3. The van der Waals surface area contributed by atoms with Crippen molar-refractivity contribution in [3.05, 3.63) is 35.4 Å². The molecule has 3 heteroatoms. The number of nitrogens with zero attached hydrogens (tertiary/aromatic N) is 1. The third-order valence-electron chi connectivity index (χ3n) is 4.24. The van der Waals surface area contributed by atoms with Crippen LogP contribution >= 0.6 is 0 Å². The van der Waals surface area contributed by atoms with Crippen molar-refractivity contribution >= 4 is 5.91 Å². The van der Waals surface area contributed by atoms with Crippen molar-refractivity contribution in [3.8, 4) is 0 Å². The average Bonchev–Trinajstić information content (AvgIpc) is 2.51. The van der Waals surface area contributed by atoms with Crippen molar-refractivity contribution in [2.75, 3.05) is 19.6 Å². The molecule has 1 aliphatic rings. The monoisotopic (exact) mass is 288 g/mol. The van der Waals surface area contributed by atoms with E-state index in [4.69, 9.17) is 0 Å². The van der Waals surface area contributed by atoms with Crippen LogP contribution in [0.4, 0.5) is 0 Å². The molecule has 2 rings (SSSR count). The fourth-order valence-electron chi connectivity index (χ4n) is 2.96. The minimum Gasteiger partial charge on any atom is -0.343 e. The van der Waals surface area contributed by atoms with Crippen LogP contribution in [-0.4, -0.2) is 36.5 Å². The van der Waals surface area contributed by atoms with Gasteiger partial charge in [0.15, 0.2) is 0 Å². The van der Waals surface area contributed by atoms with Crippen LogP contribution in [0.5, 0.6) is 0 Å². The normalized spacial score (nSPS) is 16.2. The van der Waals surface area contributed by atoms with Gasteiger partial charge in [-0.1, -0.05) is 36.8 Å². The van der Waals surface area contributed by atoms with Gasteiger partial charge in [-0.2, -0.15) is 0 Å². The Balaban J connectivity index is 1.72. The Labute approximate surface area is 128 Å². The zero-order valence-corrected chi connectivity index (χ0v) is 13.4. The van der Waals surface area contributed by atoms with E-state index in [1.54, 1.807) is 0 Å². The first-order valence-electron chi connectivity index (χ1n) is 8.25. The summed E-state index contributed by atoms with van der Waals surface area (Å²) in [7, 11) is 0. The van der Waals surface area contributed by atoms with Crippen molar-refractivity contribution in [1.82, 2.24) is 10.2 Å². The third kappa shape index (κ3) is 5.16. The van der Waals surface area contributed by atoms with E-state index in [1.165, 1.54) is 17.5 Å². The maximum atomic E-state index is 12.3. The van der Waals surface area contributed by atoms with Crippen LogP contribution in [0.15, 0.2) is 24.3 Å². The molecule has 1 aliphatic heterocycles. The predicted octanol–water partition coefficient (Wildman–Crippen LogP) is 2.92. The van der Waals surface area contributed by atoms with Crippen molar-refractivity contribution < 1.29 is 4.79 Å². The second kappa shape index (κ2) is 8.18. The molecule has 1 aromatic carbocycles. The summed E-state index contributed by atoms with van der Waals surface area (Å²) in [4.78, 5) is 14.3. The molecule has 0 radical (unpaired) electrons. The van der Waals surface area contributed by atoms with E-state index in [1.807, 2.05) is 4.90 Å². The van der Waals surface area contributed by atoms with Crippen LogP contribution in [-0.2, 0) is 11.2 Å². The van der Waals surface area contributed by atoms with Gasteiger partial charge in [-0.3, -0.25) is 4.79 Å². The van der Waals surface area contributed by atoms with Crippen LogP contribution in [0.1, 0.15) is 43.7 Å². The molecule has 0 unspecified atom stereocenters. The van der Waals surface area contributed by atoms with Crippen LogP contribution in [0.2, 0.25) is 0 Å². The number of carbonyl (C=O) groups excluding carboxylic acids is 1. The number of carbonyl (C=O) groups is 1. The van der Waals surface area contributed by atoms with Crippen LogP contribution in [0.3, 0.4) is 0 Å². The molecule has 1 fully saturated rings. The number of hydrogen-bond acceptors (Lipinski definition) is 2. The van der Waals surface area contributed by atoms with Gasteiger partial charge in [-0.25, -0.2) is 0 Å². The molecule has 1 N–H and O–H groups in total. The molecule has 3 nitrogen and oxygen atoms in total. The lowest BCUT2D eigenvalue weighted by atomic mass is 10.0. The van der Waals surface area contributed by atoms with Gasteiger partial charge in [0.2, 0.25) is 5.91 Å². The van der Waals surface area contributed by atoms with E-state index in [2.05, 4.69) is 43.4 Å². The minimum atomic E-state index is 0.311. The van der Waals surface area contributed by atoms with Gasteiger partial charge in [-0.15, -0.1) is 0 Å². The molecule has 1 aromatic rings. The maximum Gasteiger partial charge on any atom is 0.222 e. The standard InChI is InChI=1S/C18H28N2O/c1-3-11-19-17-9-12-20(13-10-17)18(21)8-7-16-6-4-5-15(2)14-16/h4-6,14,17,19H,3,7-13H2,1-2H3. The van der Waals surface area contributed by atoms with Gasteiger partial charge in [0.25, 0.3) is 0 Å². The zero-order valence-electron chi connectivity index (χ0n) is 13.4. The van der Waals surface area contributed by atoms with E-state index in [-0.39, 0.29) is 0 Å². The summed E-state index contributed by atoms with van der Waals surface area (Å²) in [6, 6.07) is 9.06. The second-order valence-corrected chi connectivity index (χ2v) is 6.10. The molecule has 1 heterocycles. The quantitative estimate of drug-likeness (QED) is 0.873. The summed E-state index contributed by atoms with van der Waals surface area (Å²) in [5.74, 6) is 0.311. The topological polar surface area (TPSA) is 32.3 Å². The molecule has 0 atom stereocenters. The fourth-order valence-corrected chi connectivity index (χ4v) is 2.96. The summed E-state index contributed by atoms with van der Waals surface area (Å²) in [6.07, 6.45) is 4.85. The van der Waals surface area contributed by atoms with Gasteiger partial charge in [0, 0.05) is 25.6 Å². The first kappa shape index (κ1) is 16.0. The summed E-state index contributed by atoms with van der Waals surface area (Å²) in [6.45, 7) is 7.20. The van der Waals surface area contributed by atoms with Crippen molar-refractivity contribution in [1.29, 1.82) is 0 Å². The highest BCUT2D eigenvalue weighted by molar-refractivity contribution is 5.76. The first-order valence-corrected chi connectivity index (χ1v) is 8.25. The largest absolute Gasteiger partial charge is 0.343 e. The van der Waals surface area contributed by atoms with Gasteiger partial charge in [0.05, 0.1) is 0 Å². The lowest BCUT2D eigenvalue weighted by molar-refractivity contribution is -0.132. The fraction of sp³-hybridized carbons (Fsp3) is 0.611. The Morgan fingerprint density at radius 2 is 2.10 bits per heavy atom. The Kier molecular flexibility index (Phi) is 6.24. The Hall–Kier alpha value is -1.35. The lowest BCUT2D eigenvalue weighted by Crippen LogP contribution is -2.45. The van der Waals surface area contributed by atoms with E-state index in [0.717, 1.165) is 38.9 Å². The molecule has 1 saturated heterocycles. The van der Waals surface area contributed by atoms with Gasteiger partial charge < -0.3 is 10.2 Å². The minimum absolute atomic E-state index is 0.311. The summed E-state index contributed by atoms with van der Waals surface area (Å²) >= 11 is 0. The number of amides is 1. The highest BCUT2D eigenvalue weighted by atomic mass is 16.2. The SMILES string of the molecule is CCCNC1CCN(C(=O)CCc2cccc(C)c2)CC1. The molecular formula is C18H28N2O. The molecule has 1 amide bonds. The highest BCUT2D eigenvalue weighted by Crippen LogP contribution is 2.13. The summed E-state index contributed by atoms with van der Waals surface area (Å²) < 4.78 is 0. The molecule has 0 bridgehead atoms. The van der Waals surface area contributed by atoms with Gasteiger partial charge >= 0.3 is 0 Å². The first-order chi connectivity index (χ1) is 10.2. The zero-order chi connectivity index (χ0) is 15.1. The van der Waals surface area contributed by atoms with Crippen molar-refractivity contribution in [3.63, 3.8) is 0 Å². The number of rotatable bonds is 6. The van der Waals surface area contributed by atoms with Gasteiger partial charge in [-0.05, 0) is 44.7 Å². The molecule has 0 aliphatic carbocycles. The lowest BCUT2D eigenvalue weighted by Gasteiger charge is -2.32. The van der Waals surface area contributed by atoms with Crippen LogP contribution < -0.4 is 5.32 Å². The average molecular weight is 288 g/mol. The predicted molar refractivity (Wildman–Crippen MR) is 87.4 cm³/mol. The molecule has 21 heavy (non-hydrogen) atoms. The number of piperidine rings is 1. The molecule has 0 spiro atoms. The van der Waals surface area contributed by atoms with Gasteiger partial charge in [0.1, 0.15) is 0 Å². The molecule has 0 aromatic heterocycles. The number of likely N-dealkylation sites (tertiary alicyclic amines) is 1. The van der Waals surface area contributed by atoms with Crippen molar-refractivity contribution in [2.24, 2.45) is 0 Å².